The summed E-state index contributed by atoms with van der Waals surface area (Å²) in [6.07, 6.45) is -0.600. The molecular weight excluding hydrogens is 413 g/mol. The second-order valence-electron chi connectivity index (χ2n) is 6.76. The summed E-state index contributed by atoms with van der Waals surface area (Å²) in [5, 5.41) is 2.67. The van der Waals surface area contributed by atoms with Gasteiger partial charge in [0.25, 0.3) is 0 Å². The zero-order valence-corrected chi connectivity index (χ0v) is 16.6. The van der Waals surface area contributed by atoms with Crippen LogP contribution < -0.4 is 5.32 Å². The normalized spacial score (nSPS) is 12.8. The lowest BCUT2D eigenvalue weighted by Crippen LogP contribution is -2.25. The van der Waals surface area contributed by atoms with E-state index in [-0.39, 0.29) is 28.8 Å². The quantitative estimate of drug-likeness (QED) is 0.488. The second-order valence-corrected chi connectivity index (χ2v) is 7.70. The molecule has 0 unspecified atom stereocenters. The van der Waals surface area contributed by atoms with Gasteiger partial charge < -0.3 is 5.32 Å². The van der Waals surface area contributed by atoms with Crippen molar-refractivity contribution in [1.82, 2.24) is 20.3 Å². The number of nitrogens with one attached hydrogen (secondary N) is 1. The molecule has 0 bridgehead atoms. The molecule has 1 aliphatic rings. The lowest BCUT2D eigenvalue weighted by Gasteiger charge is -2.22. The largest absolute Gasteiger partial charge is 0.433 e. The Morgan fingerprint density at radius 3 is 2.60 bits per heavy atom. The zero-order chi connectivity index (χ0) is 21.1. The minimum Gasteiger partial charge on any atom is -0.351 e. The average Bonchev–Trinajstić information content (AvgIpc) is 2.75. The van der Waals surface area contributed by atoms with E-state index in [2.05, 4.69) is 20.3 Å². The number of rotatable bonds is 5. The van der Waals surface area contributed by atoms with Gasteiger partial charge in [-0.3, -0.25) is 9.78 Å². The van der Waals surface area contributed by atoms with E-state index < -0.39 is 11.9 Å². The molecule has 1 N–H and O–H groups in total. The standard InChI is InChI=1S/C21H17F3N4OS/c22-21(23,24)19-16-6-5-14-3-1-2-4-15(14)18(16)27-20(28-19)30-12-17(29)26-11-13-7-9-25-10-8-13/h1-4,7-10H,5-6,11-12H2,(H,26,29). The van der Waals surface area contributed by atoms with Crippen LogP contribution in [0.1, 0.15) is 22.4 Å². The van der Waals surface area contributed by atoms with Gasteiger partial charge >= 0.3 is 6.18 Å². The Labute approximate surface area is 175 Å². The van der Waals surface area contributed by atoms with Crippen molar-refractivity contribution in [2.75, 3.05) is 5.75 Å². The monoisotopic (exact) mass is 430 g/mol. The van der Waals surface area contributed by atoms with E-state index in [1.54, 1.807) is 36.7 Å². The fraction of sp³-hybridized carbons (Fsp3) is 0.238. The average molecular weight is 430 g/mol. The number of aromatic nitrogens is 3. The van der Waals surface area contributed by atoms with Gasteiger partial charge in [-0.2, -0.15) is 13.2 Å². The van der Waals surface area contributed by atoms with E-state index >= 15 is 0 Å². The fourth-order valence-corrected chi connectivity index (χ4v) is 4.01. The minimum atomic E-state index is -4.59. The summed E-state index contributed by atoms with van der Waals surface area (Å²) in [5.74, 6) is -0.393. The van der Waals surface area contributed by atoms with Crippen molar-refractivity contribution in [3.05, 3.63) is 71.2 Å². The molecule has 154 valence electrons. The number of alkyl halides is 3. The molecule has 0 fully saturated rings. The Balaban J connectivity index is 1.55. The van der Waals surface area contributed by atoms with Crippen LogP contribution in [-0.4, -0.2) is 26.6 Å². The number of halogens is 3. The highest BCUT2D eigenvalue weighted by molar-refractivity contribution is 7.99. The number of amides is 1. The molecule has 9 heteroatoms. The highest BCUT2D eigenvalue weighted by Gasteiger charge is 2.38. The van der Waals surface area contributed by atoms with Gasteiger partial charge in [0, 0.05) is 30.1 Å². The van der Waals surface area contributed by atoms with Crippen molar-refractivity contribution in [2.45, 2.75) is 30.7 Å². The lowest BCUT2D eigenvalue weighted by molar-refractivity contribution is -0.142. The zero-order valence-electron chi connectivity index (χ0n) is 15.7. The number of benzene rings is 1. The van der Waals surface area contributed by atoms with E-state index in [0.717, 1.165) is 22.9 Å². The van der Waals surface area contributed by atoms with E-state index in [1.807, 2.05) is 12.1 Å². The maximum atomic E-state index is 13.7. The lowest BCUT2D eigenvalue weighted by atomic mass is 9.88. The number of hydrogen-bond acceptors (Lipinski definition) is 5. The van der Waals surface area contributed by atoms with Gasteiger partial charge in [-0.15, -0.1) is 0 Å². The predicted molar refractivity (Wildman–Crippen MR) is 107 cm³/mol. The van der Waals surface area contributed by atoms with Crippen LogP contribution >= 0.6 is 11.8 Å². The molecule has 4 rings (SSSR count). The summed E-state index contributed by atoms with van der Waals surface area (Å²) in [6, 6.07) is 10.9. The van der Waals surface area contributed by atoms with Crippen LogP contribution in [0.15, 0.2) is 53.9 Å². The van der Waals surface area contributed by atoms with Gasteiger partial charge in [0.15, 0.2) is 10.9 Å². The maximum Gasteiger partial charge on any atom is 0.433 e. The molecule has 0 saturated carbocycles. The van der Waals surface area contributed by atoms with Crippen LogP contribution in [0.25, 0.3) is 11.3 Å². The highest BCUT2D eigenvalue weighted by atomic mass is 32.2. The first-order valence-electron chi connectivity index (χ1n) is 9.26. The molecule has 5 nitrogen and oxygen atoms in total. The van der Waals surface area contributed by atoms with Crippen LogP contribution in [0.4, 0.5) is 13.2 Å². The number of thioether (sulfide) groups is 1. The molecule has 2 aromatic heterocycles. The van der Waals surface area contributed by atoms with Gasteiger partial charge in [0.2, 0.25) is 5.91 Å². The fourth-order valence-electron chi connectivity index (χ4n) is 3.33. The SMILES string of the molecule is O=C(CSc1nc2c(c(C(F)(F)F)n1)CCc1ccccc1-2)NCc1ccncc1. The molecule has 1 aromatic carbocycles. The Morgan fingerprint density at radius 2 is 1.83 bits per heavy atom. The summed E-state index contributed by atoms with van der Waals surface area (Å²) < 4.78 is 41.0. The van der Waals surface area contributed by atoms with Crippen LogP contribution in [0.5, 0.6) is 0 Å². The first-order chi connectivity index (χ1) is 14.4. The molecule has 3 aromatic rings. The van der Waals surface area contributed by atoms with Crippen LogP contribution in [0.3, 0.4) is 0 Å². The van der Waals surface area contributed by atoms with Crippen molar-refractivity contribution in [3.8, 4) is 11.3 Å². The number of aryl methyl sites for hydroxylation is 1. The summed E-state index contributed by atoms with van der Waals surface area (Å²) in [7, 11) is 0. The Morgan fingerprint density at radius 1 is 1.07 bits per heavy atom. The van der Waals surface area contributed by atoms with Crippen LogP contribution in [-0.2, 0) is 30.4 Å². The number of carbonyl (C=O) groups is 1. The van der Waals surface area contributed by atoms with Crippen LogP contribution in [0, 0.1) is 0 Å². The van der Waals surface area contributed by atoms with Crippen molar-refractivity contribution in [2.24, 2.45) is 0 Å². The first kappa shape index (κ1) is 20.3. The summed E-state index contributed by atoms with van der Waals surface area (Å²) in [4.78, 5) is 24.2. The predicted octanol–water partition coefficient (Wildman–Crippen LogP) is 4.06. The third-order valence-electron chi connectivity index (χ3n) is 4.74. The third kappa shape index (κ3) is 4.46. The molecule has 0 spiro atoms. The van der Waals surface area contributed by atoms with Gasteiger partial charge in [0.1, 0.15) is 0 Å². The van der Waals surface area contributed by atoms with Gasteiger partial charge in [-0.05, 0) is 36.1 Å². The van der Waals surface area contributed by atoms with Crippen molar-refractivity contribution < 1.29 is 18.0 Å². The number of nitrogens with zero attached hydrogens (tertiary/aromatic N) is 3. The van der Waals surface area contributed by atoms with Crippen molar-refractivity contribution in [1.29, 1.82) is 0 Å². The van der Waals surface area contributed by atoms with Gasteiger partial charge in [-0.25, -0.2) is 9.97 Å². The Bertz CT molecular complexity index is 1070. The van der Waals surface area contributed by atoms with E-state index in [4.69, 9.17) is 0 Å². The number of fused-ring (bicyclic) bond motifs is 3. The number of carbonyl (C=O) groups excluding carboxylic acids is 1. The molecule has 0 aliphatic heterocycles. The minimum absolute atomic E-state index is 0.0585. The van der Waals surface area contributed by atoms with E-state index in [0.29, 0.717) is 24.2 Å². The molecule has 2 heterocycles. The summed E-state index contributed by atoms with van der Waals surface area (Å²) in [5.41, 5.74) is 2.04. The number of pyridine rings is 1. The smallest absolute Gasteiger partial charge is 0.351 e. The molecule has 1 amide bonds. The summed E-state index contributed by atoms with van der Waals surface area (Å²) >= 11 is 0.895. The Kier molecular flexibility index (Phi) is 5.72. The number of hydrogen-bond donors (Lipinski definition) is 1. The van der Waals surface area contributed by atoms with Crippen molar-refractivity contribution >= 4 is 17.7 Å². The topological polar surface area (TPSA) is 67.8 Å². The highest BCUT2D eigenvalue weighted by Crippen LogP contribution is 2.40. The molecule has 0 radical (unpaired) electrons. The van der Waals surface area contributed by atoms with E-state index in [1.165, 1.54) is 0 Å². The molecule has 30 heavy (non-hydrogen) atoms. The van der Waals surface area contributed by atoms with Gasteiger partial charge in [-0.1, -0.05) is 36.0 Å². The van der Waals surface area contributed by atoms with Crippen molar-refractivity contribution in [3.63, 3.8) is 0 Å². The first-order valence-corrected chi connectivity index (χ1v) is 10.2. The molecule has 0 saturated heterocycles. The summed E-state index contributed by atoms with van der Waals surface area (Å²) in [6.45, 7) is 0.314. The molecule has 0 atom stereocenters. The van der Waals surface area contributed by atoms with Gasteiger partial charge in [0.05, 0.1) is 11.4 Å². The molecule has 1 aliphatic carbocycles. The van der Waals surface area contributed by atoms with E-state index in [9.17, 15) is 18.0 Å². The Hall–Kier alpha value is -2.94. The van der Waals surface area contributed by atoms with Crippen LogP contribution in [0.2, 0.25) is 0 Å². The second kappa shape index (κ2) is 8.43. The third-order valence-corrected chi connectivity index (χ3v) is 5.59. The molecular formula is C21H17F3N4OS. The maximum absolute atomic E-state index is 13.7.